The van der Waals surface area contributed by atoms with E-state index in [0.29, 0.717) is 28.5 Å². The van der Waals surface area contributed by atoms with Gasteiger partial charge in [0.1, 0.15) is 17.3 Å². The monoisotopic (exact) mass is 487 g/mol. The number of hydrogen-bond donors (Lipinski definition) is 2. The summed E-state index contributed by atoms with van der Waals surface area (Å²) in [6.07, 6.45) is 0.191. The Kier molecular flexibility index (Phi) is 5.08. The number of halogens is 4. The lowest BCUT2D eigenvalue weighted by Crippen LogP contribution is -2.42. The summed E-state index contributed by atoms with van der Waals surface area (Å²) in [5, 5.41) is 3.89. The summed E-state index contributed by atoms with van der Waals surface area (Å²) in [4.78, 5) is 26.5. The van der Waals surface area contributed by atoms with Gasteiger partial charge in [0.15, 0.2) is 0 Å². The molecule has 1 aromatic carbocycles. The van der Waals surface area contributed by atoms with Crippen molar-refractivity contribution in [2.24, 2.45) is 0 Å². The Labute approximate surface area is 196 Å². The number of H-pyrrole nitrogens is 1. The van der Waals surface area contributed by atoms with E-state index in [2.05, 4.69) is 20.1 Å². The zero-order valence-corrected chi connectivity index (χ0v) is 18.4. The van der Waals surface area contributed by atoms with Crippen molar-refractivity contribution in [2.75, 3.05) is 17.2 Å². The number of nitrogen functional groups attached to an aromatic ring is 1. The molecule has 0 spiro atoms. The van der Waals surface area contributed by atoms with E-state index < -0.39 is 22.7 Å². The SMILES string of the molecule is CC1CN(c2ccc(C(F)(F)F)c(Cl)c2)C(=O)c2c(-c3c[nH]c(-c4ccc(N)nc4)n3)cnn21. The average molecular weight is 488 g/mol. The van der Waals surface area contributed by atoms with Gasteiger partial charge >= 0.3 is 6.18 Å². The highest BCUT2D eigenvalue weighted by Crippen LogP contribution is 2.38. The largest absolute Gasteiger partial charge is 0.417 e. The third kappa shape index (κ3) is 3.67. The van der Waals surface area contributed by atoms with Gasteiger partial charge in [-0.05, 0) is 37.3 Å². The molecule has 0 aliphatic carbocycles. The van der Waals surface area contributed by atoms with Crippen LogP contribution in [0.25, 0.3) is 22.6 Å². The molecule has 1 aliphatic rings. The Morgan fingerprint density at radius 2 is 2.00 bits per heavy atom. The van der Waals surface area contributed by atoms with Crippen LogP contribution in [0.3, 0.4) is 0 Å². The van der Waals surface area contributed by atoms with Gasteiger partial charge in [-0.15, -0.1) is 0 Å². The number of carbonyl (C=O) groups excluding carboxylic acids is 1. The van der Waals surface area contributed by atoms with E-state index in [-0.39, 0.29) is 24.0 Å². The summed E-state index contributed by atoms with van der Waals surface area (Å²) in [6.45, 7) is 2.08. The van der Waals surface area contributed by atoms with Crippen LogP contribution < -0.4 is 10.6 Å². The molecule has 8 nitrogen and oxygen atoms in total. The second kappa shape index (κ2) is 7.87. The fraction of sp³-hybridized carbons (Fsp3) is 0.182. The molecule has 1 aliphatic heterocycles. The third-order valence-electron chi connectivity index (χ3n) is 5.59. The molecule has 1 amide bonds. The van der Waals surface area contributed by atoms with E-state index in [0.717, 1.165) is 12.1 Å². The van der Waals surface area contributed by atoms with Crippen LogP contribution in [-0.4, -0.2) is 37.2 Å². The molecule has 0 radical (unpaired) electrons. The number of alkyl halides is 3. The zero-order chi connectivity index (χ0) is 24.2. The number of nitrogens with two attached hydrogens (primary N) is 1. The van der Waals surface area contributed by atoms with Gasteiger partial charge in [-0.3, -0.25) is 9.48 Å². The maximum Gasteiger partial charge on any atom is 0.417 e. The Hall–Kier alpha value is -3.86. The highest BCUT2D eigenvalue weighted by molar-refractivity contribution is 6.31. The first-order valence-corrected chi connectivity index (χ1v) is 10.5. The number of nitrogens with one attached hydrogen (secondary N) is 1. The maximum atomic E-state index is 13.5. The van der Waals surface area contributed by atoms with Crippen LogP contribution in [0.5, 0.6) is 0 Å². The minimum Gasteiger partial charge on any atom is -0.384 e. The number of benzene rings is 1. The molecule has 0 bridgehead atoms. The standard InChI is InChI=1S/C22H17ClF3N7O/c1-11-10-32(13-3-4-15(16(23)6-13)22(24,25)26)21(34)19-14(8-30-33(11)19)17-9-29-20(31-17)12-2-5-18(27)28-7-12/h2-9,11H,10H2,1H3,(H2,27,28)(H,29,31). The highest BCUT2D eigenvalue weighted by atomic mass is 35.5. The molecule has 0 saturated heterocycles. The van der Waals surface area contributed by atoms with E-state index in [1.54, 1.807) is 35.4 Å². The minimum atomic E-state index is -4.59. The smallest absolute Gasteiger partial charge is 0.384 e. The molecule has 174 valence electrons. The molecule has 0 fully saturated rings. The normalized spacial score (nSPS) is 16.1. The fourth-order valence-corrected chi connectivity index (χ4v) is 4.21. The first kappa shape index (κ1) is 22.0. The van der Waals surface area contributed by atoms with Gasteiger partial charge in [0.25, 0.3) is 5.91 Å². The maximum absolute atomic E-state index is 13.5. The highest BCUT2D eigenvalue weighted by Gasteiger charge is 2.36. The second-order valence-electron chi connectivity index (χ2n) is 7.88. The summed E-state index contributed by atoms with van der Waals surface area (Å²) >= 11 is 5.89. The number of anilines is 2. The number of amides is 1. The first-order valence-electron chi connectivity index (χ1n) is 10.2. The summed E-state index contributed by atoms with van der Waals surface area (Å²) in [5.74, 6) is 0.495. The van der Waals surface area contributed by atoms with E-state index >= 15 is 0 Å². The van der Waals surface area contributed by atoms with Crippen molar-refractivity contribution in [3.63, 3.8) is 0 Å². The van der Waals surface area contributed by atoms with Gasteiger partial charge in [0, 0.05) is 30.2 Å². The molecule has 12 heteroatoms. The molecule has 1 atom stereocenters. The number of fused-ring (bicyclic) bond motifs is 1. The van der Waals surface area contributed by atoms with E-state index in [9.17, 15) is 18.0 Å². The fourth-order valence-electron chi connectivity index (χ4n) is 3.93. The Bertz CT molecular complexity index is 1390. The number of aromatic amines is 1. The predicted molar refractivity (Wildman–Crippen MR) is 120 cm³/mol. The Morgan fingerprint density at radius 1 is 1.21 bits per heavy atom. The van der Waals surface area contributed by atoms with Gasteiger partial charge in [-0.25, -0.2) is 9.97 Å². The van der Waals surface area contributed by atoms with Crippen LogP contribution in [0.2, 0.25) is 5.02 Å². The molecule has 1 unspecified atom stereocenters. The first-order chi connectivity index (χ1) is 16.1. The van der Waals surface area contributed by atoms with Crippen LogP contribution in [0.1, 0.15) is 29.0 Å². The lowest BCUT2D eigenvalue weighted by atomic mass is 10.1. The number of rotatable bonds is 3. The van der Waals surface area contributed by atoms with Crippen molar-refractivity contribution in [3.05, 3.63) is 65.2 Å². The molecule has 4 heterocycles. The van der Waals surface area contributed by atoms with Crippen LogP contribution in [-0.2, 0) is 6.18 Å². The molecule has 5 rings (SSSR count). The third-order valence-corrected chi connectivity index (χ3v) is 5.90. The number of carbonyl (C=O) groups is 1. The second-order valence-corrected chi connectivity index (χ2v) is 8.29. The molecule has 3 aromatic heterocycles. The van der Waals surface area contributed by atoms with Crippen molar-refractivity contribution in [2.45, 2.75) is 19.1 Å². The molecule has 4 aromatic rings. The summed E-state index contributed by atoms with van der Waals surface area (Å²) in [7, 11) is 0. The zero-order valence-electron chi connectivity index (χ0n) is 17.6. The van der Waals surface area contributed by atoms with Crippen LogP contribution in [0.15, 0.2) is 48.9 Å². The Morgan fingerprint density at radius 3 is 2.68 bits per heavy atom. The predicted octanol–water partition coefficient (Wildman–Crippen LogP) is 4.81. The lowest BCUT2D eigenvalue weighted by Gasteiger charge is -2.32. The quantitative estimate of drug-likeness (QED) is 0.431. The number of imidazole rings is 1. The Balaban J connectivity index is 1.51. The average Bonchev–Trinajstić information content (AvgIpc) is 3.43. The molecule has 0 saturated carbocycles. The molecule has 34 heavy (non-hydrogen) atoms. The number of nitrogens with zero attached hydrogens (tertiary/aromatic N) is 5. The van der Waals surface area contributed by atoms with Crippen LogP contribution in [0.4, 0.5) is 24.7 Å². The van der Waals surface area contributed by atoms with Crippen molar-refractivity contribution in [1.29, 1.82) is 0 Å². The van der Waals surface area contributed by atoms with E-state index in [1.165, 1.54) is 11.0 Å². The van der Waals surface area contributed by atoms with Crippen LogP contribution in [0, 0.1) is 0 Å². The van der Waals surface area contributed by atoms with Gasteiger partial charge in [0.05, 0.1) is 34.1 Å². The van der Waals surface area contributed by atoms with Gasteiger partial charge in [-0.1, -0.05) is 11.6 Å². The van der Waals surface area contributed by atoms with Crippen molar-refractivity contribution in [1.82, 2.24) is 24.7 Å². The van der Waals surface area contributed by atoms with Gasteiger partial charge in [0.2, 0.25) is 0 Å². The summed E-state index contributed by atoms with van der Waals surface area (Å²) in [6, 6.07) is 6.46. The van der Waals surface area contributed by atoms with Crippen molar-refractivity contribution < 1.29 is 18.0 Å². The van der Waals surface area contributed by atoms with E-state index in [4.69, 9.17) is 17.3 Å². The van der Waals surface area contributed by atoms with Gasteiger partial charge in [-0.2, -0.15) is 18.3 Å². The minimum absolute atomic E-state index is 0.220. The molecular formula is C22H17ClF3N7O. The topological polar surface area (TPSA) is 106 Å². The van der Waals surface area contributed by atoms with Crippen LogP contribution >= 0.6 is 11.6 Å². The molecule has 3 N–H and O–H groups in total. The summed E-state index contributed by atoms with van der Waals surface area (Å²) in [5.41, 5.74) is 6.91. The van der Waals surface area contributed by atoms with E-state index in [1.807, 2.05) is 6.92 Å². The lowest BCUT2D eigenvalue weighted by molar-refractivity contribution is -0.137. The number of pyridine rings is 1. The number of aromatic nitrogens is 5. The van der Waals surface area contributed by atoms with Crippen molar-refractivity contribution in [3.8, 4) is 22.6 Å². The number of hydrogen-bond acceptors (Lipinski definition) is 5. The molecular weight excluding hydrogens is 471 g/mol. The summed E-state index contributed by atoms with van der Waals surface area (Å²) < 4.78 is 40.9. The van der Waals surface area contributed by atoms with Crippen molar-refractivity contribution >= 4 is 29.0 Å². The van der Waals surface area contributed by atoms with Gasteiger partial charge < -0.3 is 15.6 Å².